The van der Waals surface area contributed by atoms with Gasteiger partial charge in [0.15, 0.2) is 0 Å². The van der Waals surface area contributed by atoms with Crippen LogP contribution >= 0.6 is 0 Å². The van der Waals surface area contributed by atoms with Gasteiger partial charge in [-0.2, -0.15) is 0 Å². The highest BCUT2D eigenvalue weighted by molar-refractivity contribution is 5.57. The molecule has 5 nitrogen and oxygen atoms in total. The molecule has 0 radical (unpaired) electrons. The molecule has 4 fully saturated rings. The Kier molecular flexibility index (Phi) is 3.52. The monoisotopic (exact) mass is 349 g/mol. The van der Waals surface area contributed by atoms with Gasteiger partial charge in [0, 0.05) is 11.8 Å². The van der Waals surface area contributed by atoms with E-state index in [-0.39, 0.29) is 5.69 Å². The molecule has 0 amide bonds. The molecule has 0 atom stereocenters. The molecule has 1 aromatic heterocycles. The van der Waals surface area contributed by atoms with Gasteiger partial charge in [0.2, 0.25) is 0 Å². The third-order valence-corrected chi connectivity index (χ3v) is 6.77. The first kappa shape index (κ1) is 15.8. The van der Waals surface area contributed by atoms with Gasteiger partial charge in [0.1, 0.15) is 12.0 Å². The molecule has 0 spiro atoms. The van der Waals surface area contributed by atoms with Crippen molar-refractivity contribution in [2.24, 2.45) is 17.8 Å². The van der Waals surface area contributed by atoms with E-state index < -0.39 is 4.92 Å². The minimum atomic E-state index is -0.433. The van der Waals surface area contributed by atoms with Crippen molar-refractivity contribution in [1.82, 2.24) is 4.98 Å². The minimum Gasteiger partial charge on any atom is -0.340 e. The summed E-state index contributed by atoms with van der Waals surface area (Å²) in [6, 6.07) is 11.9. The highest BCUT2D eigenvalue weighted by Crippen LogP contribution is 2.60. The molecular formula is C21H23N3O2. The van der Waals surface area contributed by atoms with Crippen molar-refractivity contribution in [3.8, 4) is 0 Å². The highest BCUT2D eigenvalue weighted by Gasteiger charge is 2.51. The minimum absolute atomic E-state index is 0.00714. The van der Waals surface area contributed by atoms with Gasteiger partial charge in [-0.15, -0.1) is 0 Å². The Bertz CT molecular complexity index is 794. The van der Waals surface area contributed by atoms with Gasteiger partial charge in [-0.25, -0.2) is 4.98 Å². The summed E-state index contributed by atoms with van der Waals surface area (Å²) in [5.41, 5.74) is 2.89. The van der Waals surface area contributed by atoms with Crippen LogP contribution in [0.1, 0.15) is 44.1 Å². The van der Waals surface area contributed by atoms with E-state index in [2.05, 4.69) is 34.6 Å². The zero-order valence-corrected chi connectivity index (χ0v) is 14.7. The summed E-state index contributed by atoms with van der Waals surface area (Å²) in [5.74, 6) is 3.47. The first-order valence-corrected chi connectivity index (χ1v) is 9.58. The van der Waals surface area contributed by atoms with E-state index in [1.54, 1.807) is 6.07 Å². The van der Waals surface area contributed by atoms with Crippen LogP contribution in [0.25, 0.3) is 0 Å². The first-order chi connectivity index (χ1) is 12.6. The number of nitrogens with zero attached hydrogens (tertiary/aromatic N) is 2. The smallest absolute Gasteiger partial charge is 0.287 e. The average Bonchev–Trinajstić information content (AvgIpc) is 2.61. The van der Waals surface area contributed by atoms with Crippen molar-refractivity contribution in [3.05, 3.63) is 58.3 Å². The summed E-state index contributed by atoms with van der Waals surface area (Å²) >= 11 is 0. The highest BCUT2D eigenvalue weighted by atomic mass is 16.6. The fraction of sp³-hybridized carbons (Fsp3) is 0.476. The van der Waals surface area contributed by atoms with Gasteiger partial charge in [-0.3, -0.25) is 10.1 Å². The molecule has 4 saturated carbocycles. The molecule has 1 aromatic carbocycles. The number of hydrogen-bond donors (Lipinski definition) is 1. The summed E-state index contributed by atoms with van der Waals surface area (Å²) in [6.45, 7) is 0. The van der Waals surface area contributed by atoms with Gasteiger partial charge in [-0.05, 0) is 85.5 Å². The number of aromatic nitrogens is 1. The number of benzene rings is 1. The van der Waals surface area contributed by atoms with Gasteiger partial charge in [0.25, 0.3) is 5.69 Å². The normalized spacial score (nSPS) is 31.8. The van der Waals surface area contributed by atoms with Crippen molar-refractivity contribution < 1.29 is 4.92 Å². The second-order valence-corrected chi connectivity index (χ2v) is 8.56. The summed E-state index contributed by atoms with van der Waals surface area (Å²) in [7, 11) is 0. The van der Waals surface area contributed by atoms with Crippen LogP contribution in [-0.2, 0) is 5.41 Å². The second-order valence-electron chi connectivity index (χ2n) is 8.56. The van der Waals surface area contributed by atoms with E-state index >= 15 is 0 Å². The van der Waals surface area contributed by atoms with Crippen molar-refractivity contribution in [2.75, 3.05) is 5.32 Å². The quantitative estimate of drug-likeness (QED) is 0.608. The summed E-state index contributed by atoms with van der Waals surface area (Å²) in [6.07, 6.45) is 9.79. The van der Waals surface area contributed by atoms with E-state index in [9.17, 15) is 10.1 Å². The molecule has 2 aromatic rings. The number of pyridine rings is 1. The van der Waals surface area contributed by atoms with Crippen LogP contribution in [0, 0.1) is 27.9 Å². The molecule has 0 saturated heterocycles. The predicted molar refractivity (Wildman–Crippen MR) is 100 cm³/mol. The molecule has 134 valence electrons. The molecule has 1 N–H and O–H groups in total. The maximum Gasteiger partial charge on any atom is 0.287 e. The lowest BCUT2D eigenvalue weighted by molar-refractivity contribution is -0.385. The van der Waals surface area contributed by atoms with Crippen LogP contribution in [0.2, 0.25) is 0 Å². The molecule has 4 bridgehead atoms. The predicted octanol–water partition coefficient (Wildman–Crippen LogP) is 5.20. The van der Waals surface area contributed by atoms with E-state index in [1.807, 2.05) is 0 Å². The molecule has 4 aliphatic rings. The topological polar surface area (TPSA) is 68.1 Å². The summed E-state index contributed by atoms with van der Waals surface area (Å²) in [5, 5.41) is 14.0. The van der Waals surface area contributed by atoms with Crippen LogP contribution in [0.15, 0.2) is 42.6 Å². The van der Waals surface area contributed by atoms with Crippen LogP contribution in [0.5, 0.6) is 0 Å². The lowest BCUT2D eigenvalue weighted by atomic mass is 9.48. The zero-order chi connectivity index (χ0) is 17.7. The first-order valence-electron chi connectivity index (χ1n) is 9.58. The number of nitrogens with one attached hydrogen (secondary N) is 1. The second kappa shape index (κ2) is 5.79. The largest absolute Gasteiger partial charge is 0.340 e. The lowest BCUT2D eigenvalue weighted by Crippen LogP contribution is -2.48. The maximum absolute atomic E-state index is 10.7. The third kappa shape index (κ3) is 2.66. The number of rotatable bonds is 4. The van der Waals surface area contributed by atoms with Crippen LogP contribution in [-0.4, -0.2) is 9.91 Å². The zero-order valence-electron chi connectivity index (χ0n) is 14.7. The van der Waals surface area contributed by atoms with E-state index in [0.717, 1.165) is 23.4 Å². The van der Waals surface area contributed by atoms with Crippen molar-refractivity contribution in [1.29, 1.82) is 0 Å². The molecule has 0 unspecified atom stereocenters. The van der Waals surface area contributed by atoms with Gasteiger partial charge >= 0.3 is 0 Å². The SMILES string of the molecule is O=[N+]([O-])c1ccc(Nc2ccc(C34CC5CC(CC(C5)C3)C4)cc2)nc1. The number of anilines is 2. The van der Waals surface area contributed by atoms with Crippen molar-refractivity contribution in [3.63, 3.8) is 0 Å². The van der Waals surface area contributed by atoms with Gasteiger partial charge < -0.3 is 5.32 Å². The number of hydrogen-bond acceptors (Lipinski definition) is 4. The molecule has 4 aliphatic carbocycles. The molecule has 1 heterocycles. The third-order valence-electron chi connectivity index (χ3n) is 6.77. The molecule has 26 heavy (non-hydrogen) atoms. The van der Waals surface area contributed by atoms with Crippen LogP contribution in [0.4, 0.5) is 17.2 Å². The van der Waals surface area contributed by atoms with Crippen LogP contribution in [0.3, 0.4) is 0 Å². The van der Waals surface area contributed by atoms with E-state index in [4.69, 9.17) is 0 Å². The van der Waals surface area contributed by atoms with Crippen LogP contribution < -0.4 is 5.32 Å². The van der Waals surface area contributed by atoms with E-state index in [0.29, 0.717) is 11.2 Å². The Morgan fingerprint density at radius 2 is 1.58 bits per heavy atom. The molecule has 5 heteroatoms. The fourth-order valence-corrected chi connectivity index (χ4v) is 6.09. The Morgan fingerprint density at radius 3 is 2.08 bits per heavy atom. The molecule has 6 rings (SSSR count). The van der Waals surface area contributed by atoms with E-state index in [1.165, 1.54) is 56.4 Å². The van der Waals surface area contributed by atoms with Gasteiger partial charge in [0.05, 0.1) is 4.92 Å². The lowest BCUT2D eigenvalue weighted by Gasteiger charge is -2.57. The molecule has 0 aliphatic heterocycles. The average molecular weight is 349 g/mol. The molecular weight excluding hydrogens is 326 g/mol. The maximum atomic E-state index is 10.7. The van der Waals surface area contributed by atoms with Crippen molar-refractivity contribution >= 4 is 17.2 Å². The fourth-order valence-electron chi connectivity index (χ4n) is 6.09. The summed E-state index contributed by atoms with van der Waals surface area (Å²) < 4.78 is 0. The Hall–Kier alpha value is -2.43. The van der Waals surface area contributed by atoms with Gasteiger partial charge in [-0.1, -0.05) is 12.1 Å². The standard InChI is InChI=1S/C21H23N3O2/c25-24(26)19-5-6-20(22-13-19)23-18-3-1-17(2-4-18)21-10-14-7-15(11-21)9-16(8-14)12-21/h1-6,13-16H,7-12H2,(H,22,23). The summed E-state index contributed by atoms with van der Waals surface area (Å²) in [4.78, 5) is 14.4. The Balaban J connectivity index is 1.34. The van der Waals surface area contributed by atoms with Crippen molar-refractivity contribution in [2.45, 2.75) is 43.9 Å². The Labute approximate surface area is 153 Å². The number of nitro groups is 1. The Morgan fingerprint density at radius 1 is 0.962 bits per heavy atom.